The van der Waals surface area contributed by atoms with Gasteiger partial charge in [0.1, 0.15) is 30.0 Å². The Balaban J connectivity index is 1.68. The van der Waals surface area contributed by atoms with E-state index in [1.165, 1.54) is 13.0 Å². The highest BCUT2D eigenvalue weighted by Gasteiger charge is 2.89. The maximum Gasteiger partial charge on any atom is 0.338 e. The Kier molecular flexibility index (Phi) is 5.86. The zero-order chi connectivity index (χ0) is 28.0. The Morgan fingerprint density at radius 3 is 2.34 bits per heavy atom. The van der Waals surface area contributed by atoms with Gasteiger partial charge < -0.3 is 43.4 Å². The van der Waals surface area contributed by atoms with Crippen LogP contribution in [0.25, 0.3) is 0 Å². The number of ether oxygens (including phenoxy) is 7. The third-order valence-corrected chi connectivity index (χ3v) is 8.00. The molecule has 5 rings (SSSR count). The molecular formula is C25H30O13. The first kappa shape index (κ1) is 26.8. The van der Waals surface area contributed by atoms with Crippen molar-refractivity contribution in [1.82, 2.24) is 0 Å². The fourth-order valence-corrected chi connectivity index (χ4v) is 6.07. The molecule has 10 unspecified atom stereocenters. The van der Waals surface area contributed by atoms with Gasteiger partial charge in [-0.1, -0.05) is 6.58 Å². The van der Waals surface area contributed by atoms with Crippen molar-refractivity contribution < 1.29 is 62.5 Å². The molecule has 3 fully saturated rings. The molecule has 0 saturated carbocycles. The Bertz CT molecular complexity index is 1160. The van der Waals surface area contributed by atoms with E-state index in [1.54, 1.807) is 6.92 Å². The Labute approximate surface area is 217 Å². The van der Waals surface area contributed by atoms with Gasteiger partial charge in [-0.05, 0) is 26.3 Å². The summed E-state index contributed by atoms with van der Waals surface area (Å²) in [6.45, 7) is 9.11. The summed E-state index contributed by atoms with van der Waals surface area (Å²) in [5.74, 6) is -9.38. The number of rotatable bonds is 4. The molecule has 5 heterocycles. The smallest absolute Gasteiger partial charge is 0.338 e. The molecule has 10 atom stereocenters. The molecule has 0 spiro atoms. The van der Waals surface area contributed by atoms with Crippen LogP contribution < -0.4 is 0 Å². The summed E-state index contributed by atoms with van der Waals surface area (Å²) in [6.07, 6.45) is -4.74. The largest absolute Gasteiger partial charge is 0.466 e. The van der Waals surface area contributed by atoms with Crippen LogP contribution >= 0.6 is 0 Å². The zero-order valence-electron chi connectivity index (χ0n) is 21.5. The van der Waals surface area contributed by atoms with E-state index in [1.807, 2.05) is 0 Å². The predicted molar refractivity (Wildman–Crippen MR) is 120 cm³/mol. The average Bonchev–Trinajstić information content (AvgIpc) is 3.65. The van der Waals surface area contributed by atoms with E-state index >= 15 is 0 Å². The number of carbonyl (C=O) groups excluding carboxylic acids is 4. The third kappa shape index (κ3) is 3.79. The van der Waals surface area contributed by atoms with Crippen LogP contribution in [0, 0.1) is 5.92 Å². The van der Waals surface area contributed by atoms with E-state index in [0.29, 0.717) is 0 Å². The minimum atomic E-state index is -2.53. The lowest BCUT2D eigenvalue weighted by atomic mass is 9.78. The maximum atomic E-state index is 12.9. The lowest BCUT2D eigenvalue weighted by molar-refractivity contribution is -0.371. The molecule has 3 saturated heterocycles. The molecule has 5 aliphatic heterocycles. The van der Waals surface area contributed by atoms with Crippen LogP contribution in [0.2, 0.25) is 0 Å². The van der Waals surface area contributed by atoms with E-state index in [4.69, 9.17) is 33.2 Å². The molecule has 38 heavy (non-hydrogen) atoms. The lowest BCUT2D eigenvalue weighted by Crippen LogP contribution is -2.60. The van der Waals surface area contributed by atoms with Gasteiger partial charge in [0.15, 0.2) is 11.7 Å². The van der Waals surface area contributed by atoms with Crippen molar-refractivity contribution in [1.29, 1.82) is 0 Å². The van der Waals surface area contributed by atoms with Crippen LogP contribution in [-0.4, -0.2) is 94.5 Å². The summed E-state index contributed by atoms with van der Waals surface area (Å²) in [6, 6.07) is 0. The Hall–Kier alpha value is -2.84. The summed E-state index contributed by atoms with van der Waals surface area (Å²) in [5, 5.41) is 23.7. The molecule has 13 heteroatoms. The van der Waals surface area contributed by atoms with Crippen LogP contribution in [0.5, 0.6) is 0 Å². The molecule has 0 aliphatic carbocycles. The maximum absolute atomic E-state index is 12.9. The molecule has 0 aromatic rings. The number of methoxy groups -OCH3 is 1. The number of carbonyl (C=O) groups is 4. The van der Waals surface area contributed by atoms with Gasteiger partial charge in [0, 0.05) is 31.8 Å². The van der Waals surface area contributed by atoms with Gasteiger partial charge in [0.25, 0.3) is 0 Å². The SMILES string of the molecule is C=C(C(=O)OC)C1CC(OC(C)=O)C2=CC(CC3(C)OC3C3(O)OC(O)(C1OC(C)=O)C1(C)OC31)OC2=O. The number of esters is 4. The van der Waals surface area contributed by atoms with Gasteiger partial charge in [0.05, 0.1) is 12.7 Å². The molecule has 0 radical (unpaired) electrons. The molecule has 4 bridgehead atoms. The van der Waals surface area contributed by atoms with Gasteiger partial charge in [-0.2, -0.15) is 0 Å². The first-order chi connectivity index (χ1) is 17.6. The van der Waals surface area contributed by atoms with E-state index < -0.39 is 83.1 Å². The van der Waals surface area contributed by atoms with E-state index in [2.05, 4.69) is 6.58 Å². The monoisotopic (exact) mass is 538 g/mol. The second kappa shape index (κ2) is 8.33. The van der Waals surface area contributed by atoms with Crippen LogP contribution in [0.15, 0.2) is 23.8 Å². The van der Waals surface area contributed by atoms with Gasteiger partial charge in [-0.3, -0.25) is 9.59 Å². The fourth-order valence-electron chi connectivity index (χ4n) is 6.07. The molecular weight excluding hydrogens is 508 g/mol. The second-order valence-electron chi connectivity index (χ2n) is 10.7. The highest BCUT2D eigenvalue weighted by Crippen LogP contribution is 2.66. The van der Waals surface area contributed by atoms with Crippen molar-refractivity contribution in [2.75, 3.05) is 7.11 Å². The summed E-state index contributed by atoms with van der Waals surface area (Å²) in [5.41, 5.74) is -2.96. The summed E-state index contributed by atoms with van der Waals surface area (Å²) < 4.78 is 38.8. The Morgan fingerprint density at radius 2 is 1.74 bits per heavy atom. The predicted octanol–water partition coefficient (Wildman–Crippen LogP) is -0.437. The first-order valence-corrected chi connectivity index (χ1v) is 12.1. The average molecular weight is 539 g/mol. The van der Waals surface area contributed by atoms with Gasteiger partial charge in [-0.15, -0.1) is 0 Å². The van der Waals surface area contributed by atoms with Crippen molar-refractivity contribution >= 4 is 23.9 Å². The van der Waals surface area contributed by atoms with Crippen LogP contribution in [-0.2, 0) is 52.3 Å². The van der Waals surface area contributed by atoms with Crippen molar-refractivity contribution in [3.63, 3.8) is 0 Å². The normalized spacial score (nSPS) is 46.5. The summed E-state index contributed by atoms with van der Waals surface area (Å²) >= 11 is 0. The first-order valence-electron chi connectivity index (χ1n) is 12.1. The minimum absolute atomic E-state index is 0.0157. The molecule has 0 aromatic carbocycles. The molecule has 13 nitrogen and oxygen atoms in total. The minimum Gasteiger partial charge on any atom is -0.466 e. The third-order valence-electron chi connectivity index (χ3n) is 8.00. The van der Waals surface area contributed by atoms with E-state index in [-0.39, 0.29) is 24.0 Å². The highest BCUT2D eigenvalue weighted by molar-refractivity contribution is 5.93. The summed E-state index contributed by atoms with van der Waals surface area (Å²) in [7, 11) is 1.10. The number of hydrogen-bond acceptors (Lipinski definition) is 13. The van der Waals surface area contributed by atoms with Gasteiger partial charge in [-0.25, -0.2) is 9.59 Å². The zero-order valence-corrected chi connectivity index (χ0v) is 21.5. The van der Waals surface area contributed by atoms with Gasteiger partial charge in [0.2, 0.25) is 11.6 Å². The topological polar surface area (TPSA) is 180 Å². The molecule has 2 N–H and O–H groups in total. The van der Waals surface area contributed by atoms with E-state index in [0.717, 1.165) is 21.0 Å². The standard InChI is InChI=1S/C25H30O13/c1-10(18(28)32-6)14-8-16(33-11(2)26)15-7-13(35-19(15)29)9-22(4)20(36-22)24(30)21-23(5,37-21)25(31,38-24)17(14)34-12(3)27/h7,13-14,16-17,20-21,30-31H,1,8-9H2,2-6H3. The molecule has 208 valence electrons. The number of epoxide rings is 2. The van der Waals surface area contributed by atoms with Crippen molar-refractivity contribution in [2.45, 2.75) is 93.8 Å². The lowest BCUT2D eigenvalue weighted by Gasteiger charge is -2.42. The number of fused-ring (bicyclic) bond motifs is 8. The molecule has 0 aromatic heterocycles. The summed E-state index contributed by atoms with van der Waals surface area (Å²) in [4.78, 5) is 49.9. The van der Waals surface area contributed by atoms with Gasteiger partial charge >= 0.3 is 23.9 Å². The quantitative estimate of drug-likeness (QED) is 0.204. The van der Waals surface area contributed by atoms with Crippen LogP contribution in [0.4, 0.5) is 0 Å². The number of hydrogen-bond donors (Lipinski definition) is 2. The molecule has 0 amide bonds. The molecule has 5 aliphatic rings. The van der Waals surface area contributed by atoms with Crippen molar-refractivity contribution in [2.24, 2.45) is 5.92 Å². The van der Waals surface area contributed by atoms with Crippen LogP contribution in [0.3, 0.4) is 0 Å². The van der Waals surface area contributed by atoms with Crippen molar-refractivity contribution in [3.8, 4) is 0 Å². The fraction of sp³-hybridized carbons (Fsp3) is 0.680. The highest BCUT2D eigenvalue weighted by atomic mass is 16.8. The van der Waals surface area contributed by atoms with E-state index in [9.17, 15) is 29.4 Å². The number of aliphatic hydroxyl groups is 2. The van der Waals surface area contributed by atoms with Crippen molar-refractivity contribution in [3.05, 3.63) is 23.8 Å². The second-order valence-corrected chi connectivity index (χ2v) is 10.7. The van der Waals surface area contributed by atoms with Crippen LogP contribution in [0.1, 0.15) is 40.5 Å². The Morgan fingerprint density at radius 1 is 1.08 bits per heavy atom.